The van der Waals surface area contributed by atoms with Crippen LogP contribution in [0.3, 0.4) is 0 Å². The molecule has 2 aliphatic rings. The lowest BCUT2D eigenvalue weighted by atomic mass is 10.0. The first-order valence-electron chi connectivity index (χ1n) is 11.5. The number of thioether (sulfide) groups is 2. The van der Waals surface area contributed by atoms with Gasteiger partial charge in [0.05, 0.1) is 5.56 Å². The van der Waals surface area contributed by atoms with Crippen molar-refractivity contribution < 1.29 is 29.0 Å². The molecule has 15 nitrogen and oxygen atoms in total. The van der Waals surface area contributed by atoms with Crippen molar-refractivity contribution in [3.05, 3.63) is 27.9 Å². The molecular weight excluding hydrogens is 568 g/mol. The van der Waals surface area contributed by atoms with Gasteiger partial charge in [-0.1, -0.05) is 10.1 Å². The van der Waals surface area contributed by atoms with E-state index in [1.807, 2.05) is 0 Å². The van der Waals surface area contributed by atoms with E-state index in [0.29, 0.717) is 27.9 Å². The van der Waals surface area contributed by atoms with Gasteiger partial charge in [-0.3, -0.25) is 20.3 Å². The minimum absolute atomic E-state index is 0.130. The number of nitrogens with one attached hydrogen (secondary N) is 2. The monoisotopic (exact) mass is 595 g/mol. The lowest BCUT2D eigenvalue weighted by molar-refractivity contribution is -0.668. The summed E-state index contributed by atoms with van der Waals surface area (Å²) in [6.07, 6.45) is 0. The maximum Gasteiger partial charge on any atom is 0.352 e. The number of nitrogens with zero attached hydrogens (tertiary/aromatic N) is 5. The number of nitrogens with two attached hydrogens (primary N) is 3. The van der Waals surface area contributed by atoms with Crippen molar-refractivity contribution in [3.8, 4) is 0 Å². The lowest BCUT2D eigenvalue weighted by Gasteiger charge is -2.49. The molecule has 1 saturated heterocycles. The predicted octanol–water partition coefficient (Wildman–Crippen LogP) is -0.675. The third kappa shape index (κ3) is 5.39. The number of carbonyl (C=O) groups excluding carboxylic acids is 2. The Balaban J connectivity index is 1.52. The fourth-order valence-electron chi connectivity index (χ4n) is 3.93. The Kier molecular flexibility index (Phi) is 8.36. The fraction of sp³-hybridized carbons (Fsp3) is 0.381. The third-order valence-corrected chi connectivity index (χ3v) is 8.87. The summed E-state index contributed by atoms with van der Waals surface area (Å²) in [5.41, 5.74) is 12.8. The van der Waals surface area contributed by atoms with E-state index in [-0.39, 0.29) is 40.4 Å². The Labute approximate surface area is 235 Å². The molecule has 1 fully saturated rings. The summed E-state index contributed by atoms with van der Waals surface area (Å²) >= 11 is 3.66. The molecule has 39 heavy (non-hydrogen) atoms. The highest BCUT2D eigenvalue weighted by Gasteiger charge is 2.54. The maximum atomic E-state index is 13.1. The average molecular weight is 596 g/mol. The first-order valence-corrected chi connectivity index (χ1v) is 14.4. The van der Waals surface area contributed by atoms with Gasteiger partial charge < -0.3 is 32.0 Å². The second-order valence-electron chi connectivity index (χ2n) is 8.21. The van der Waals surface area contributed by atoms with Gasteiger partial charge >= 0.3 is 11.1 Å². The van der Waals surface area contributed by atoms with Gasteiger partial charge in [0, 0.05) is 23.9 Å². The summed E-state index contributed by atoms with van der Waals surface area (Å²) < 4.78 is 1.34. The minimum Gasteiger partial charge on any atom is -0.477 e. The zero-order valence-electron chi connectivity index (χ0n) is 21.1. The Hall–Kier alpha value is -3.77. The molecule has 0 saturated carbocycles. The number of amides is 2. The highest BCUT2D eigenvalue weighted by Crippen LogP contribution is 2.41. The van der Waals surface area contributed by atoms with Crippen LogP contribution in [0.2, 0.25) is 0 Å². The van der Waals surface area contributed by atoms with E-state index in [1.54, 1.807) is 26.3 Å². The molecule has 9 N–H and O–H groups in total. The van der Waals surface area contributed by atoms with E-state index in [0.717, 1.165) is 11.3 Å². The number of nitrogen functional groups attached to an aromatic ring is 3. The number of hydrogen-bond donors (Lipinski definition) is 6. The van der Waals surface area contributed by atoms with Crippen LogP contribution in [0.5, 0.6) is 0 Å². The third-order valence-electron chi connectivity index (χ3n) is 5.82. The lowest BCUT2D eigenvalue weighted by Crippen LogP contribution is -2.71. The molecule has 4 rings (SSSR count). The van der Waals surface area contributed by atoms with Gasteiger partial charge in [0.15, 0.2) is 10.8 Å². The quantitative estimate of drug-likeness (QED) is 0.0381. The van der Waals surface area contributed by atoms with Crippen LogP contribution >= 0.6 is 34.9 Å². The highest BCUT2D eigenvalue weighted by molar-refractivity contribution is 8.01. The molecule has 2 aromatic heterocycles. The number of carboxylic acids is 1. The first-order chi connectivity index (χ1) is 18.6. The van der Waals surface area contributed by atoms with E-state index in [4.69, 9.17) is 22.1 Å². The number of anilines is 3. The molecule has 2 atom stereocenters. The summed E-state index contributed by atoms with van der Waals surface area (Å²) in [6.45, 7) is 3.69. The van der Waals surface area contributed by atoms with Crippen molar-refractivity contribution in [1.29, 1.82) is 0 Å². The van der Waals surface area contributed by atoms with Crippen molar-refractivity contribution in [1.82, 2.24) is 20.2 Å². The van der Waals surface area contributed by atoms with Crippen LogP contribution in [-0.4, -0.2) is 80.0 Å². The zero-order valence-corrected chi connectivity index (χ0v) is 23.6. The molecule has 0 aliphatic carbocycles. The van der Waals surface area contributed by atoms with Crippen molar-refractivity contribution in [3.63, 3.8) is 0 Å². The summed E-state index contributed by atoms with van der Waals surface area (Å²) in [5, 5.41) is 21.0. The molecule has 18 heteroatoms. The van der Waals surface area contributed by atoms with Crippen LogP contribution in [0.1, 0.15) is 18.2 Å². The maximum absolute atomic E-state index is 13.1. The molecule has 0 spiro atoms. The second kappa shape index (κ2) is 11.5. The number of aromatic nitrogens is 3. The van der Waals surface area contributed by atoms with Crippen molar-refractivity contribution >= 4 is 75.1 Å². The Morgan fingerprint density at radius 1 is 1.38 bits per heavy atom. The van der Waals surface area contributed by atoms with Gasteiger partial charge in [-0.2, -0.15) is 0 Å². The molecule has 2 aliphatic heterocycles. The van der Waals surface area contributed by atoms with Gasteiger partial charge in [0.25, 0.3) is 17.6 Å². The number of fused-ring (bicyclic) bond motifs is 1. The van der Waals surface area contributed by atoms with Crippen molar-refractivity contribution in [2.45, 2.75) is 30.4 Å². The highest BCUT2D eigenvalue weighted by atomic mass is 32.2. The van der Waals surface area contributed by atoms with E-state index in [9.17, 15) is 19.5 Å². The largest absolute Gasteiger partial charge is 0.477 e. The van der Waals surface area contributed by atoms with Gasteiger partial charge in [-0.25, -0.2) is 9.78 Å². The number of thiazole rings is 1. The Morgan fingerprint density at radius 2 is 2.13 bits per heavy atom. The van der Waals surface area contributed by atoms with Gasteiger partial charge in [-0.05, 0) is 31.2 Å². The van der Waals surface area contributed by atoms with Crippen LogP contribution in [0.4, 0.5) is 16.8 Å². The first kappa shape index (κ1) is 28.2. The molecule has 0 radical (unpaired) electrons. The number of oxime groups is 1. The average Bonchev–Trinajstić information content (AvgIpc) is 3.34. The number of carboxylic acid groups (broad SMARTS) is 1. The molecule has 0 aromatic carbocycles. The molecule has 2 amide bonds. The molecular formula is C21H27N10O5S3+. The molecule has 208 valence electrons. The number of β-lactam (4-membered cyclic amide) rings is 1. The standard InChI is InChI=1S/C21H26N10O5S3/c1-4-36-29-11(10-7-38-20(23)26-10)16(32)27-12-17(33)30-13(19(34)35)9(5-37-18(12)30)6-39-21-28-14(22)8(2)15(25-3)31(21)24/h7,12,18H,4-6,24H2,1-3H3,(H6,22,23,25,26,27,32,34,35)/p+1/b29-11-/t12?,18-/m1/s1. The summed E-state index contributed by atoms with van der Waals surface area (Å²) in [7, 11) is 1.70. The molecule has 0 bridgehead atoms. The Bertz CT molecular complexity index is 1390. The SMILES string of the molecule is CCO/N=C(\C(=O)NC1C(=O)N2C(C(=O)O)=C(CSc3nc(N)c(C)c(NC)[n+]3N)CS[C@H]12)c1csc(N)n1. The van der Waals surface area contributed by atoms with E-state index >= 15 is 0 Å². The smallest absolute Gasteiger partial charge is 0.352 e. The normalized spacial score (nSPS) is 18.9. The van der Waals surface area contributed by atoms with Gasteiger partial charge in [-0.15, -0.1) is 27.8 Å². The number of carbonyl (C=O) groups is 3. The molecule has 4 heterocycles. The van der Waals surface area contributed by atoms with Gasteiger partial charge in [0.2, 0.25) is 5.82 Å². The topological polar surface area (TPSA) is 228 Å². The Morgan fingerprint density at radius 3 is 2.74 bits per heavy atom. The zero-order chi connectivity index (χ0) is 28.4. The molecule has 2 aromatic rings. The van der Waals surface area contributed by atoms with E-state index in [2.05, 4.69) is 25.8 Å². The summed E-state index contributed by atoms with van der Waals surface area (Å²) in [4.78, 5) is 52.9. The fourth-order valence-corrected chi connectivity index (χ4v) is 6.89. The summed E-state index contributed by atoms with van der Waals surface area (Å²) in [5.74, 6) is 5.03. The van der Waals surface area contributed by atoms with Crippen LogP contribution in [0.25, 0.3) is 0 Å². The second-order valence-corrected chi connectivity index (χ2v) is 11.1. The van der Waals surface area contributed by atoms with Crippen LogP contribution in [-0.2, 0) is 19.2 Å². The van der Waals surface area contributed by atoms with Crippen molar-refractivity contribution in [2.75, 3.05) is 47.8 Å². The number of rotatable bonds is 10. The van der Waals surface area contributed by atoms with E-state index < -0.39 is 29.2 Å². The number of hydrogen-bond acceptors (Lipinski definition) is 14. The minimum atomic E-state index is -1.25. The van der Waals surface area contributed by atoms with Crippen LogP contribution in [0, 0.1) is 6.92 Å². The predicted molar refractivity (Wildman–Crippen MR) is 148 cm³/mol. The van der Waals surface area contributed by atoms with Crippen molar-refractivity contribution in [2.24, 2.45) is 5.16 Å². The summed E-state index contributed by atoms with van der Waals surface area (Å²) in [6, 6.07) is -0.961. The molecule has 1 unspecified atom stereocenters. The van der Waals surface area contributed by atoms with E-state index in [1.165, 1.54) is 33.1 Å². The van der Waals surface area contributed by atoms with Crippen LogP contribution < -0.4 is 32.6 Å². The number of aliphatic carboxylic acids is 1. The van der Waals surface area contributed by atoms with Crippen LogP contribution in [0.15, 0.2) is 27.0 Å². The van der Waals surface area contributed by atoms with Gasteiger partial charge in [0.1, 0.15) is 29.4 Å².